The number of thiophene rings is 1. The van der Waals surface area contributed by atoms with Crippen molar-refractivity contribution in [3.05, 3.63) is 110 Å². The van der Waals surface area contributed by atoms with Gasteiger partial charge in [0.25, 0.3) is 5.56 Å². The van der Waals surface area contributed by atoms with E-state index in [-0.39, 0.29) is 34.7 Å². The molecule has 0 aliphatic rings. The Morgan fingerprint density at radius 3 is 2.31 bits per heavy atom. The molecule has 17 heteroatoms. The topological polar surface area (TPSA) is 148 Å². The predicted octanol–water partition coefficient (Wildman–Crippen LogP) is 3.18. The van der Waals surface area contributed by atoms with E-state index in [4.69, 9.17) is 0 Å². The van der Waals surface area contributed by atoms with Crippen LogP contribution in [0.5, 0.6) is 0 Å². The van der Waals surface area contributed by atoms with Crippen molar-refractivity contribution in [2.45, 2.75) is 13.1 Å². The summed E-state index contributed by atoms with van der Waals surface area (Å²) >= 11 is 1.10. The number of rotatable bonds is 12. The summed E-state index contributed by atoms with van der Waals surface area (Å²) in [6, 6.07) is 14.2. The number of carbonyl (C=O) groups is 1. The Kier molecular flexibility index (Phi) is 10.8. The molecule has 48 heavy (non-hydrogen) atoms. The SMILES string of the molecule is CONC(=O)Nc1ccc(-c2sc3c(c2CN(C)CCN(C)[SH](=O)=O)c(=O)n(-c2ccccn2)c(=O)n3Cc2c(F)cccc2F)cc1. The van der Waals surface area contributed by atoms with E-state index in [9.17, 15) is 31.6 Å². The van der Waals surface area contributed by atoms with Gasteiger partial charge in [-0.05, 0) is 54.6 Å². The molecular formula is C31H31F2N7O6S2. The van der Waals surface area contributed by atoms with E-state index in [1.165, 1.54) is 36.8 Å². The van der Waals surface area contributed by atoms with Crippen LogP contribution in [0.1, 0.15) is 11.1 Å². The lowest BCUT2D eigenvalue weighted by molar-refractivity contribution is 0.114. The van der Waals surface area contributed by atoms with Crippen LogP contribution in [0, 0.1) is 11.6 Å². The molecule has 0 radical (unpaired) electrons. The maximum absolute atomic E-state index is 14.9. The first-order valence-electron chi connectivity index (χ1n) is 14.4. The lowest BCUT2D eigenvalue weighted by Gasteiger charge is -2.19. The summed E-state index contributed by atoms with van der Waals surface area (Å²) in [7, 11) is 1.70. The second kappa shape index (κ2) is 15.0. The van der Waals surface area contributed by atoms with E-state index >= 15 is 0 Å². The first kappa shape index (κ1) is 34.5. The molecule has 0 aliphatic heterocycles. The number of thiol groups is 1. The number of halogens is 2. The lowest BCUT2D eigenvalue weighted by atomic mass is 10.1. The Morgan fingerprint density at radius 1 is 0.979 bits per heavy atom. The molecule has 2 aromatic carbocycles. The van der Waals surface area contributed by atoms with Crippen LogP contribution in [0.25, 0.3) is 26.5 Å². The number of anilines is 1. The zero-order valence-corrected chi connectivity index (χ0v) is 27.7. The molecule has 0 fully saturated rings. The fourth-order valence-corrected chi connectivity index (χ4v) is 6.58. The number of urea groups is 1. The third-order valence-electron chi connectivity index (χ3n) is 7.44. The van der Waals surface area contributed by atoms with E-state index in [1.807, 2.05) is 4.90 Å². The van der Waals surface area contributed by atoms with Gasteiger partial charge in [-0.15, -0.1) is 11.3 Å². The van der Waals surface area contributed by atoms with Crippen LogP contribution in [0.15, 0.2) is 76.4 Å². The standard InChI is InChI=1S/C31H31F2N7O6S2/c1-37(15-16-38(2)48(44)45)17-22-26-28(41)40(25-9-4-5-14-34-25)31(43)39(18-21-23(32)7-6-8-24(21)33)29(26)47-27(22)19-10-12-20(13-11-19)35-30(42)36-46-3/h4-14,48H,15-18H2,1-3H3,(H2,35,36,42). The molecule has 3 heterocycles. The molecule has 0 bridgehead atoms. The molecule has 5 rings (SSSR count). The summed E-state index contributed by atoms with van der Waals surface area (Å²) in [5, 5.41) is 2.74. The normalized spacial score (nSPS) is 11.6. The number of nitrogens with zero attached hydrogens (tertiary/aromatic N) is 5. The van der Waals surface area contributed by atoms with Gasteiger partial charge < -0.3 is 10.2 Å². The number of amides is 2. The number of fused-ring (bicyclic) bond motifs is 1. The summed E-state index contributed by atoms with van der Waals surface area (Å²) in [5.74, 6) is -1.69. The number of nitrogens with one attached hydrogen (secondary N) is 2. The number of hydrogen-bond donors (Lipinski definition) is 3. The van der Waals surface area contributed by atoms with Gasteiger partial charge in [0.2, 0.25) is 10.9 Å². The Morgan fingerprint density at radius 2 is 1.69 bits per heavy atom. The predicted molar refractivity (Wildman–Crippen MR) is 179 cm³/mol. The number of benzene rings is 2. The van der Waals surface area contributed by atoms with Crippen molar-refractivity contribution < 1.29 is 26.8 Å². The third kappa shape index (κ3) is 7.34. The van der Waals surface area contributed by atoms with E-state index in [1.54, 1.807) is 43.4 Å². The summed E-state index contributed by atoms with van der Waals surface area (Å²) in [6.07, 6.45) is 1.42. The molecule has 3 aromatic heterocycles. The average Bonchev–Trinajstić information content (AvgIpc) is 3.43. The Balaban J connectivity index is 1.75. The smallest absolute Gasteiger partial charge is 0.306 e. The molecule has 5 aromatic rings. The van der Waals surface area contributed by atoms with Gasteiger partial charge in [0, 0.05) is 49.0 Å². The van der Waals surface area contributed by atoms with Gasteiger partial charge >= 0.3 is 11.7 Å². The van der Waals surface area contributed by atoms with Gasteiger partial charge in [-0.25, -0.2) is 46.1 Å². The largest absolute Gasteiger partial charge is 0.343 e. The van der Waals surface area contributed by atoms with Crippen LogP contribution < -0.4 is 22.0 Å². The van der Waals surface area contributed by atoms with Gasteiger partial charge in [-0.2, -0.15) is 0 Å². The van der Waals surface area contributed by atoms with Crippen LogP contribution in [0.4, 0.5) is 19.3 Å². The summed E-state index contributed by atoms with van der Waals surface area (Å²) in [6.45, 7) is 0.0856. The number of aromatic nitrogens is 3. The van der Waals surface area contributed by atoms with Crippen molar-refractivity contribution in [3.8, 4) is 16.3 Å². The van der Waals surface area contributed by atoms with E-state index < -0.39 is 46.3 Å². The molecule has 0 atom stereocenters. The van der Waals surface area contributed by atoms with Crippen LogP contribution in [-0.2, 0) is 28.8 Å². The van der Waals surface area contributed by atoms with Crippen LogP contribution in [-0.4, -0.2) is 72.1 Å². The van der Waals surface area contributed by atoms with Gasteiger partial charge in [0.15, 0.2) is 0 Å². The lowest BCUT2D eigenvalue weighted by Crippen LogP contribution is -2.39. The fraction of sp³-hybridized carbons (Fsp3) is 0.226. The number of carbonyl (C=O) groups excluding carboxylic acids is 1. The van der Waals surface area contributed by atoms with Crippen LogP contribution in [0.2, 0.25) is 0 Å². The van der Waals surface area contributed by atoms with Crippen molar-refractivity contribution >= 4 is 44.2 Å². The minimum atomic E-state index is -2.79. The summed E-state index contributed by atoms with van der Waals surface area (Å²) < 4.78 is 56.0. The zero-order valence-electron chi connectivity index (χ0n) is 26.0. The first-order chi connectivity index (χ1) is 23.0. The minimum Gasteiger partial charge on any atom is -0.306 e. The molecule has 0 saturated carbocycles. The highest BCUT2D eigenvalue weighted by Crippen LogP contribution is 2.38. The molecule has 2 amide bonds. The summed E-state index contributed by atoms with van der Waals surface area (Å²) in [5.41, 5.74) is 1.83. The Labute approximate surface area is 278 Å². The van der Waals surface area contributed by atoms with Gasteiger partial charge in [0.05, 0.1) is 19.0 Å². The Hall–Kier alpha value is -4.81. The van der Waals surface area contributed by atoms with Crippen LogP contribution >= 0.6 is 11.3 Å². The third-order valence-corrected chi connectivity index (χ3v) is 9.50. The van der Waals surface area contributed by atoms with E-state index in [0.29, 0.717) is 28.2 Å². The molecule has 0 unspecified atom stereocenters. The molecule has 252 valence electrons. The van der Waals surface area contributed by atoms with Crippen molar-refractivity contribution in [1.82, 2.24) is 28.8 Å². The second-order valence-corrected chi connectivity index (χ2v) is 12.8. The van der Waals surface area contributed by atoms with Gasteiger partial charge in [-0.1, -0.05) is 24.3 Å². The monoisotopic (exact) mass is 699 g/mol. The van der Waals surface area contributed by atoms with Crippen LogP contribution in [0.3, 0.4) is 0 Å². The van der Waals surface area contributed by atoms with Gasteiger partial charge in [-0.3, -0.25) is 14.2 Å². The number of likely N-dealkylation sites (N-methyl/N-ethyl adjacent to an activating group) is 2. The summed E-state index contributed by atoms with van der Waals surface area (Å²) in [4.78, 5) is 51.7. The Bertz CT molecular complexity index is 2120. The first-order valence-corrected chi connectivity index (χ1v) is 16.3. The second-order valence-electron chi connectivity index (χ2n) is 10.7. The van der Waals surface area contributed by atoms with Crippen molar-refractivity contribution in [2.24, 2.45) is 0 Å². The average molecular weight is 700 g/mol. The van der Waals surface area contributed by atoms with Gasteiger partial charge in [0.1, 0.15) is 22.3 Å². The van der Waals surface area contributed by atoms with Crippen molar-refractivity contribution in [1.29, 1.82) is 0 Å². The zero-order chi connectivity index (χ0) is 34.5. The number of pyridine rings is 1. The fourth-order valence-electron chi connectivity index (χ4n) is 5.02. The molecule has 13 nitrogen and oxygen atoms in total. The maximum atomic E-state index is 14.9. The minimum absolute atomic E-state index is 0.0230. The number of hydrogen-bond acceptors (Lipinski definition) is 9. The molecular weight excluding hydrogens is 669 g/mol. The molecule has 2 N–H and O–H groups in total. The quantitative estimate of drug-likeness (QED) is 0.133. The van der Waals surface area contributed by atoms with E-state index in [0.717, 1.165) is 32.6 Å². The van der Waals surface area contributed by atoms with Crippen molar-refractivity contribution in [2.75, 3.05) is 39.6 Å². The molecule has 0 aliphatic carbocycles. The maximum Gasteiger partial charge on any atom is 0.343 e. The highest BCUT2D eigenvalue weighted by molar-refractivity contribution is 7.69. The highest BCUT2D eigenvalue weighted by atomic mass is 32.2. The van der Waals surface area contributed by atoms with E-state index in [2.05, 4.69) is 20.6 Å². The number of hydroxylamine groups is 1. The van der Waals surface area contributed by atoms with Crippen molar-refractivity contribution in [3.63, 3.8) is 0 Å². The highest BCUT2D eigenvalue weighted by Gasteiger charge is 2.26. The molecule has 0 spiro atoms. The molecule has 0 saturated heterocycles.